The maximum absolute atomic E-state index is 5.58. The molecule has 1 rings (SSSR count). The molecule has 1 atom stereocenters. The number of hydrogen-bond acceptors (Lipinski definition) is 3. The molecule has 0 heterocycles. The fourth-order valence-corrected chi connectivity index (χ4v) is 1.59. The van der Waals surface area contributed by atoms with Crippen molar-refractivity contribution in [3.8, 4) is 0 Å². The van der Waals surface area contributed by atoms with Crippen LogP contribution >= 0.6 is 28.4 Å². The average Bonchev–Trinajstić information content (AvgIpc) is 2.21. The van der Waals surface area contributed by atoms with Gasteiger partial charge in [0.2, 0.25) is 0 Å². The third-order valence-electron chi connectivity index (χ3n) is 1.68. The highest BCUT2D eigenvalue weighted by Gasteiger charge is 1.96. The molecule has 74 valence electrons. The van der Waals surface area contributed by atoms with Gasteiger partial charge in [-0.15, -0.1) is 0 Å². The zero-order valence-corrected chi connectivity index (χ0v) is 10.6. The maximum Gasteiger partial charge on any atom is 0.0659 e. The van der Waals surface area contributed by atoms with Crippen molar-refractivity contribution in [2.45, 2.75) is 0 Å². The SMILES string of the molecule is N/C=C(\C=N\PI)c1ccc(N)cc1. The van der Waals surface area contributed by atoms with Gasteiger partial charge in [0.1, 0.15) is 0 Å². The van der Waals surface area contributed by atoms with Gasteiger partial charge in [0.25, 0.3) is 0 Å². The lowest BCUT2D eigenvalue weighted by Crippen LogP contribution is -1.91. The molecule has 0 aliphatic heterocycles. The van der Waals surface area contributed by atoms with Crippen LogP contribution in [-0.4, -0.2) is 6.21 Å². The first-order valence-electron chi connectivity index (χ1n) is 3.94. The van der Waals surface area contributed by atoms with Crippen LogP contribution in [0.4, 0.5) is 5.69 Å². The summed E-state index contributed by atoms with van der Waals surface area (Å²) in [4.78, 5) is 0. The molecular weight excluding hydrogens is 308 g/mol. The Kier molecular flexibility index (Phi) is 4.90. The van der Waals surface area contributed by atoms with Gasteiger partial charge < -0.3 is 11.5 Å². The van der Waals surface area contributed by atoms with E-state index < -0.39 is 0 Å². The van der Waals surface area contributed by atoms with Crippen molar-refractivity contribution >= 4 is 45.9 Å². The second-order valence-corrected chi connectivity index (χ2v) is 4.46. The summed E-state index contributed by atoms with van der Waals surface area (Å²) in [6.45, 7) is 0. The Labute approximate surface area is 98.0 Å². The van der Waals surface area contributed by atoms with Crippen LogP contribution in [0.15, 0.2) is 35.2 Å². The van der Waals surface area contributed by atoms with Crippen LogP contribution in [0.25, 0.3) is 5.57 Å². The fourth-order valence-electron chi connectivity index (χ4n) is 0.983. The summed E-state index contributed by atoms with van der Waals surface area (Å²) in [5.74, 6) is 0. The van der Waals surface area contributed by atoms with Gasteiger partial charge >= 0.3 is 0 Å². The monoisotopic (exact) mass is 319 g/mol. The third-order valence-corrected chi connectivity index (χ3v) is 2.74. The van der Waals surface area contributed by atoms with Crippen LogP contribution in [0.5, 0.6) is 0 Å². The van der Waals surface area contributed by atoms with Crippen molar-refractivity contribution in [2.24, 2.45) is 10.5 Å². The topological polar surface area (TPSA) is 64.4 Å². The zero-order chi connectivity index (χ0) is 10.4. The van der Waals surface area contributed by atoms with Gasteiger partial charge in [-0.25, -0.2) is 0 Å². The van der Waals surface area contributed by atoms with Crippen molar-refractivity contribution in [3.05, 3.63) is 36.0 Å². The number of hydrogen-bond donors (Lipinski definition) is 2. The summed E-state index contributed by atoms with van der Waals surface area (Å²) in [5.41, 5.74) is 13.8. The van der Waals surface area contributed by atoms with E-state index in [4.69, 9.17) is 11.5 Å². The first-order chi connectivity index (χ1) is 6.77. The number of nitrogen functional groups attached to an aromatic ring is 1. The smallest absolute Gasteiger partial charge is 0.0659 e. The lowest BCUT2D eigenvalue weighted by molar-refractivity contribution is 1.57. The normalized spacial score (nSPS) is 13.1. The lowest BCUT2D eigenvalue weighted by atomic mass is 10.1. The van der Waals surface area contributed by atoms with Crippen LogP contribution < -0.4 is 11.5 Å². The van der Waals surface area contributed by atoms with Gasteiger partial charge in [-0.2, -0.15) is 0 Å². The molecule has 0 aliphatic carbocycles. The standard InChI is InChI=1S/C9H11IN3P/c10-14-13-6-8(5-11)7-1-3-9(12)4-2-7/h1-6,14H,11-12H2/b8-5+,13-6+. The van der Waals surface area contributed by atoms with E-state index in [2.05, 4.69) is 26.8 Å². The zero-order valence-electron chi connectivity index (χ0n) is 7.44. The molecule has 3 nitrogen and oxygen atoms in total. The Morgan fingerprint density at radius 2 is 2.00 bits per heavy atom. The number of anilines is 1. The molecule has 0 saturated heterocycles. The minimum atomic E-state index is 0.515. The molecule has 1 aromatic carbocycles. The predicted molar refractivity (Wildman–Crippen MR) is 73.8 cm³/mol. The highest BCUT2D eigenvalue weighted by Crippen LogP contribution is 2.22. The van der Waals surface area contributed by atoms with E-state index in [1.165, 1.54) is 0 Å². The van der Waals surface area contributed by atoms with E-state index >= 15 is 0 Å². The number of halogens is 1. The van der Waals surface area contributed by atoms with E-state index in [-0.39, 0.29) is 0 Å². The molecule has 0 bridgehead atoms. The molecule has 4 N–H and O–H groups in total. The number of allylic oxidation sites excluding steroid dienone is 1. The molecule has 0 spiro atoms. The Balaban J connectivity index is 2.91. The molecule has 0 fully saturated rings. The Bertz CT molecular complexity index is 346. The minimum Gasteiger partial charge on any atom is -0.404 e. The third kappa shape index (κ3) is 3.27. The van der Waals surface area contributed by atoms with Gasteiger partial charge in [-0.1, -0.05) is 12.1 Å². The predicted octanol–water partition coefficient (Wildman–Crippen LogP) is 2.58. The van der Waals surface area contributed by atoms with Gasteiger partial charge in [-0.3, -0.25) is 4.76 Å². The Hall–Kier alpha value is -0.610. The van der Waals surface area contributed by atoms with Crippen LogP contribution in [0.3, 0.4) is 0 Å². The quantitative estimate of drug-likeness (QED) is 0.389. The van der Waals surface area contributed by atoms with Crippen molar-refractivity contribution < 1.29 is 0 Å². The van der Waals surface area contributed by atoms with E-state index in [0.29, 0.717) is 6.37 Å². The highest BCUT2D eigenvalue weighted by atomic mass is 127. The summed E-state index contributed by atoms with van der Waals surface area (Å²) in [7, 11) is 0. The molecule has 0 aliphatic rings. The first-order valence-corrected chi connectivity index (χ1v) is 8.00. The van der Waals surface area contributed by atoms with E-state index in [1.807, 2.05) is 24.3 Å². The van der Waals surface area contributed by atoms with Gasteiger partial charge in [0.15, 0.2) is 0 Å². The van der Waals surface area contributed by atoms with Gasteiger partial charge in [0, 0.05) is 23.7 Å². The highest BCUT2D eigenvalue weighted by molar-refractivity contribution is 14.2. The molecule has 5 heteroatoms. The molecule has 1 aromatic rings. The maximum atomic E-state index is 5.58. The average molecular weight is 319 g/mol. The van der Waals surface area contributed by atoms with E-state index in [0.717, 1.165) is 16.8 Å². The molecule has 0 amide bonds. The minimum absolute atomic E-state index is 0.515. The summed E-state index contributed by atoms with van der Waals surface area (Å²) < 4.78 is 4.15. The largest absolute Gasteiger partial charge is 0.404 e. The van der Waals surface area contributed by atoms with Crippen LogP contribution in [-0.2, 0) is 0 Å². The lowest BCUT2D eigenvalue weighted by Gasteiger charge is -2.01. The molecule has 14 heavy (non-hydrogen) atoms. The second-order valence-electron chi connectivity index (χ2n) is 2.59. The van der Waals surface area contributed by atoms with Crippen molar-refractivity contribution in [2.75, 3.05) is 5.73 Å². The van der Waals surface area contributed by atoms with Crippen molar-refractivity contribution in [1.82, 2.24) is 0 Å². The summed E-state index contributed by atoms with van der Waals surface area (Å²) in [6.07, 6.45) is 3.84. The molecular formula is C9H11IN3P. The van der Waals surface area contributed by atoms with Crippen LogP contribution in [0.2, 0.25) is 0 Å². The first kappa shape index (κ1) is 11.5. The second kappa shape index (κ2) is 5.98. The van der Waals surface area contributed by atoms with Gasteiger partial charge in [-0.05, 0) is 39.7 Å². The molecule has 0 saturated carbocycles. The number of rotatable bonds is 3. The fraction of sp³-hybridized carbons (Fsp3) is 0. The molecule has 0 aromatic heterocycles. The van der Waals surface area contributed by atoms with Crippen LogP contribution in [0, 0.1) is 0 Å². The summed E-state index contributed by atoms with van der Waals surface area (Å²) in [6, 6.07) is 7.55. The van der Waals surface area contributed by atoms with Crippen molar-refractivity contribution in [3.63, 3.8) is 0 Å². The van der Waals surface area contributed by atoms with Crippen molar-refractivity contribution in [1.29, 1.82) is 0 Å². The Morgan fingerprint density at radius 1 is 1.36 bits per heavy atom. The number of nitrogens with zero attached hydrogens (tertiary/aromatic N) is 1. The summed E-state index contributed by atoms with van der Waals surface area (Å²) >= 11 is 2.20. The van der Waals surface area contributed by atoms with E-state index in [9.17, 15) is 0 Å². The number of nitrogens with two attached hydrogens (primary N) is 2. The molecule has 1 unspecified atom stereocenters. The van der Waals surface area contributed by atoms with E-state index in [1.54, 1.807) is 12.4 Å². The number of benzene rings is 1. The van der Waals surface area contributed by atoms with Gasteiger partial charge in [0.05, 0.1) is 6.37 Å². The molecule has 0 radical (unpaired) electrons. The summed E-state index contributed by atoms with van der Waals surface area (Å²) in [5, 5.41) is 0. The Morgan fingerprint density at radius 3 is 2.50 bits per heavy atom. The van der Waals surface area contributed by atoms with Crippen LogP contribution in [0.1, 0.15) is 5.56 Å².